The second-order valence-electron chi connectivity index (χ2n) is 8.46. The number of amides is 1. The predicted octanol–water partition coefficient (Wildman–Crippen LogP) is 2.61. The van der Waals surface area contributed by atoms with Gasteiger partial charge < -0.3 is 9.80 Å². The normalized spacial score (nSPS) is 13.9. The molecule has 2 aromatic carbocycles. The number of pyridine rings is 1. The molecule has 1 aliphatic heterocycles. The molecule has 4 aromatic rings. The first-order chi connectivity index (χ1) is 17.0. The molecule has 1 saturated heterocycles. The van der Waals surface area contributed by atoms with Crippen LogP contribution >= 0.6 is 11.6 Å². The molecule has 0 atom stereocenters. The third kappa shape index (κ3) is 4.70. The Morgan fingerprint density at radius 1 is 0.857 bits per heavy atom. The van der Waals surface area contributed by atoms with Crippen molar-refractivity contribution in [2.24, 2.45) is 0 Å². The summed E-state index contributed by atoms with van der Waals surface area (Å²) in [6.07, 6.45) is 1.51. The van der Waals surface area contributed by atoms with Crippen molar-refractivity contribution in [2.45, 2.75) is 13.1 Å². The fraction of sp³-hybridized carbons (Fsp3) is 0.231. The topological polar surface area (TPSA) is 80.4 Å². The molecule has 1 amide bonds. The number of nitrogens with zero attached hydrogens (tertiary/aromatic N) is 5. The van der Waals surface area contributed by atoms with Crippen molar-refractivity contribution in [3.05, 3.63) is 104 Å². The lowest BCUT2D eigenvalue weighted by molar-refractivity contribution is -0.132. The van der Waals surface area contributed by atoms with E-state index in [0.29, 0.717) is 36.7 Å². The molecule has 0 aliphatic carbocycles. The van der Waals surface area contributed by atoms with Crippen LogP contribution in [0.1, 0.15) is 5.56 Å². The predicted molar refractivity (Wildman–Crippen MR) is 136 cm³/mol. The summed E-state index contributed by atoms with van der Waals surface area (Å²) in [7, 11) is 0. The molecule has 1 fully saturated rings. The van der Waals surface area contributed by atoms with Gasteiger partial charge in [0.15, 0.2) is 5.52 Å². The highest BCUT2D eigenvalue weighted by atomic mass is 35.5. The van der Waals surface area contributed by atoms with Gasteiger partial charge in [0.1, 0.15) is 6.54 Å². The summed E-state index contributed by atoms with van der Waals surface area (Å²) in [6.45, 7) is 2.44. The van der Waals surface area contributed by atoms with E-state index in [1.807, 2.05) is 18.2 Å². The van der Waals surface area contributed by atoms with Gasteiger partial charge >= 0.3 is 5.69 Å². The first-order valence-corrected chi connectivity index (χ1v) is 11.8. The molecule has 1 aliphatic rings. The van der Waals surface area contributed by atoms with Gasteiger partial charge in [-0.25, -0.2) is 9.78 Å². The van der Waals surface area contributed by atoms with E-state index in [4.69, 9.17) is 11.6 Å². The quantitative estimate of drug-likeness (QED) is 0.430. The molecule has 0 spiro atoms. The van der Waals surface area contributed by atoms with Gasteiger partial charge in [0.25, 0.3) is 5.56 Å². The summed E-state index contributed by atoms with van der Waals surface area (Å²) in [5.41, 5.74) is 1.36. The molecule has 0 saturated carbocycles. The van der Waals surface area contributed by atoms with Crippen LogP contribution in [-0.2, 0) is 17.9 Å². The molecule has 178 valence electrons. The number of anilines is 1. The number of halogens is 1. The minimum absolute atomic E-state index is 0.0608. The maximum Gasteiger partial charge on any atom is 0.332 e. The molecule has 0 unspecified atom stereocenters. The third-order valence-electron chi connectivity index (χ3n) is 6.29. The molecule has 8 nitrogen and oxygen atoms in total. The lowest BCUT2D eigenvalue weighted by atomic mass is 10.2. The van der Waals surface area contributed by atoms with Crippen molar-refractivity contribution < 1.29 is 4.79 Å². The van der Waals surface area contributed by atoms with Crippen LogP contribution in [0, 0.1) is 0 Å². The number of benzene rings is 2. The Morgan fingerprint density at radius 2 is 1.57 bits per heavy atom. The molecule has 35 heavy (non-hydrogen) atoms. The number of fused-ring (bicyclic) bond motifs is 1. The van der Waals surface area contributed by atoms with Crippen molar-refractivity contribution in [1.82, 2.24) is 19.0 Å². The van der Waals surface area contributed by atoms with E-state index in [2.05, 4.69) is 22.0 Å². The highest BCUT2D eigenvalue weighted by Crippen LogP contribution is 2.16. The van der Waals surface area contributed by atoms with E-state index in [1.54, 1.807) is 41.3 Å². The molecule has 9 heteroatoms. The number of piperazine rings is 1. The maximum atomic E-state index is 13.4. The second-order valence-corrected chi connectivity index (χ2v) is 8.90. The molecule has 0 bridgehead atoms. The van der Waals surface area contributed by atoms with Crippen molar-refractivity contribution in [3.8, 4) is 0 Å². The summed E-state index contributed by atoms with van der Waals surface area (Å²) in [6, 6.07) is 20.3. The summed E-state index contributed by atoms with van der Waals surface area (Å²) < 4.78 is 2.48. The Balaban J connectivity index is 1.42. The number of carbonyl (C=O) groups excluding carboxylic acids is 1. The van der Waals surface area contributed by atoms with Gasteiger partial charge in [-0.05, 0) is 42.0 Å². The second kappa shape index (κ2) is 9.76. The van der Waals surface area contributed by atoms with Gasteiger partial charge in [0.05, 0.1) is 12.1 Å². The number of hydrogen-bond donors (Lipinski definition) is 0. The molecule has 5 rings (SSSR count). The molecule has 2 aromatic heterocycles. The third-order valence-corrected chi connectivity index (χ3v) is 6.54. The van der Waals surface area contributed by atoms with Crippen LogP contribution in [0.25, 0.3) is 11.0 Å². The Hall–Kier alpha value is -3.91. The van der Waals surface area contributed by atoms with Crippen LogP contribution in [0.3, 0.4) is 0 Å². The first kappa shape index (κ1) is 22.9. The van der Waals surface area contributed by atoms with Gasteiger partial charge in [0.2, 0.25) is 5.91 Å². The van der Waals surface area contributed by atoms with Crippen molar-refractivity contribution >= 4 is 34.2 Å². The fourth-order valence-electron chi connectivity index (χ4n) is 4.40. The highest BCUT2D eigenvalue weighted by Gasteiger charge is 2.23. The zero-order valence-electron chi connectivity index (χ0n) is 19.0. The smallest absolute Gasteiger partial charge is 0.332 e. The van der Waals surface area contributed by atoms with E-state index >= 15 is 0 Å². The fourth-order valence-corrected chi connectivity index (χ4v) is 4.52. The Bertz CT molecular complexity index is 1470. The van der Waals surface area contributed by atoms with Crippen LogP contribution in [0.15, 0.2) is 82.5 Å². The van der Waals surface area contributed by atoms with Gasteiger partial charge in [-0.15, -0.1) is 0 Å². The number of hydrogen-bond acceptors (Lipinski definition) is 5. The van der Waals surface area contributed by atoms with Crippen LogP contribution in [0.4, 0.5) is 5.69 Å². The Kier molecular flexibility index (Phi) is 6.37. The van der Waals surface area contributed by atoms with E-state index in [0.717, 1.165) is 15.8 Å². The van der Waals surface area contributed by atoms with Gasteiger partial charge in [0, 0.05) is 43.1 Å². The van der Waals surface area contributed by atoms with Crippen LogP contribution in [0.2, 0.25) is 5.02 Å². The zero-order valence-corrected chi connectivity index (χ0v) is 19.8. The molecular formula is C26H24ClN5O3. The van der Waals surface area contributed by atoms with Crippen molar-refractivity contribution in [1.29, 1.82) is 0 Å². The molecule has 0 radical (unpaired) electrons. The molecular weight excluding hydrogens is 466 g/mol. The monoisotopic (exact) mass is 489 g/mol. The number of carbonyl (C=O) groups is 1. The summed E-state index contributed by atoms with van der Waals surface area (Å²) in [5, 5.41) is 0.566. The highest BCUT2D eigenvalue weighted by molar-refractivity contribution is 6.30. The van der Waals surface area contributed by atoms with Gasteiger partial charge in [-0.1, -0.05) is 41.9 Å². The van der Waals surface area contributed by atoms with E-state index < -0.39 is 11.2 Å². The van der Waals surface area contributed by atoms with Gasteiger partial charge in [-0.3, -0.25) is 18.7 Å². The minimum Gasteiger partial charge on any atom is -0.368 e. The average Bonchev–Trinajstić information content (AvgIpc) is 2.90. The zero-order chi connectivity index (χ0) is 24.4. The van der Waals surface area contributed by atoms with Crippen LogP contribution in [0.5, 0.6) is 0 Å². The Labute approximate surface area is 206 Å². The standard InChI is InChI=1S/C26H24ClN5O3/c27-20-10-8-19(9-11-20)17-32-25(34)24-22(7-4-12-28-24)31(26(32)35)18-23(33)30-15-13-29(14-16-30)21-5-2-1-3-6-21/h1-12H,13-18H2. The van der Waals surface area contributed by atoms with Crippen LogP contribution < -0.4 is 16.1 Å². The Morgan fingerprint density at radius 3 is 2.29 bits per heavy atom. The summed E-state index contributed by atoms with van der Waals surface area (Å²) >= 11 is 5.97. The lowest BCUT2D eigenvalue weighted by Gasteiger charge is -2.36. The van der Waals surface area contributed by atoms with Crippen LogP contribution in [-0.4, -0.2) is 51.1 Å². The lowest BCUT2D eigenvalue weighted by Crippen LogP contribution is -2.51. The van der Waals surface area contributed by atoms with E-state index in [9.17, 15) is 14.4 Å². The van der Waals surface area contributed by atoms with Crippen molar-refractivity contribution in [2.75, 3.05) is 31.1 Å². The summed E-state index contributed by atoms with van der Waals surface area (Å²) in [4.78, 5) is 48.0. The molecule has 0 N–H and O–H groups in total. The number of para-hydroxylation sites is 1. The minimum atomic E-state index is -0.540. The largest absolute Gasteiger partial charge is 0.368 e. The van der Waals surface area contributed by atoms with Crippen molar-refractivity contribution in [3.63, 3.8) is 0 Å². The van der Waals surface area contributed by atoms with E-state index in [-0.39, 0.29) is 24.5 Å². The average molecular weight is 490 g/mol. The number of rotatable bonds is 5. The van der Waals surface area contributed by atoms with Gasteiger partial charge in [-0.2, -0.15) is 0 Å². The SMILES string of the molecule is O=C(Cn1c(=O)n(Cc2ccc(Cl)cc2)c(=O)c2ncccc21)N1CCN(c2ccccc2)CC1. The molecule has 3 heterocycles. The summed E-state index contributed by atoms with van der Waals surface area (Å²) in [5.74, 6) is -0.165. The number of aromatic nitrogens is 3. The first-order valence-electron chi connectivity index (χ1n) is 11.4. The maximum absolute atomic E-state index is 13.4. The van der Waals surface area contributed by atoms with E-state index in [1.165, 1.54) is 10.8 Å².